The summed E-state index contributed by atoms with van der Waals surface area (Å²) >= 11 is 0. The van der Waals surface area contributed by atoms with Crippen LogP contribution in [0.1, 0.15) is 26.5 Å². The zero-order valence-corrected chi connectivity index (χ0v) is 13.7. The first kappa shape index (κ1) is 14.1. The van der Waals surface area contributed by atoms with E-state index in [-0.39, 0.29) is 5.04 Å². The molecule has 19 heavy (non-hydrogen) atoms. The Balaban J connectivity index is 2.36. The number of rotatable bonds is 2. The molecule has 0 saturated heterocycles. The smallest absolute Gasteiger partial charge is 0.250 e. The molecule has 2 rings (SSSR count). The van der Waals surface area contributed by atoms with Gasteiger partial charge in [-0.25, -0.2) is 0 Å². The molecule has 0 amide bonds. The number of aryl methyl sites for hydroxylation is 1. The Hall–Kier alpha value is -1.35. The average Bonchev–Trinajstić information content (AvgIpc) is 2.26. The van der Waals surface area contributed by atoms with E-state index in [2.05, 4.69) is 63.1 Å². The SMILES string of the molecule is Cc1ccc2ccc(O[Si](C)(C)C(C)(C)C)cc2n1. The summed E-state index contributed by atoms with van der Waals surface area (Å²) in [6, 6.07) is 10.3. The van der Waals surface area contributed by atoms with E-state index in [0.29, 0.717) is 0 Å². The standard InChI is InChI=1S/C16H23NOSi/c1-12-7-8-13-9-10-14(11-15(13)17-12)18-19(5,6)16(2,3)4/h7-11H,1-6H3. The second-order valence-corrected chi connectivity index (χ2v) is 11.4. The maximum absolute atomic E-state index is 6.31. The van der Waals surface area contributed by atoms with Crippen LogP contribution in [0.5, 0.6) is 5.75 Å². The van der Waals surface area contributed by atoms with Crippen LogP contribution in [0.3, 0.4) is 0 Å². The van der Waals surface area contributed by atoms with Crippen molar-refractivity contribution >= 4 is 19.2 Å². The third kappa shape index (κ3) is 2.98. The summed E-state index contributed by atoms with van der Waals surface area (Å²) < 4.78 is 6.31. The van der Waals surface area contributed by atoms with Crippen LogP contribution < -0.4 is 4.43 Å². The quantitative estimate of drug-likeness (QED) is 0.724. The van der Waals surface area contributed by atoms with Gasteiger partial charge >= 0.3 is 0 Å². The van der Waals surface area contributed by atoms with Crippen LogP contribution in [0.15, 0.2) is 30.3 Å². The number of nitrogens with zero attached hydrogens (tertiary/aromatic N) is 1. The van der Waals surface area contributed by atoms with E-state index in [9.17, 15) is 0 Å². The molecule has 0 bridgehead atoms. The summed E-state index contributed by atoms with van der Waals surface area (Å²) in [4.78, 5) is 4.56. The molecule has 3 heteroatoms. The number of hydrogen-bond donors (Lipinski definition) is 0. The minimum Gasteiger partial charge on any atom is -0.543 e. The topological polar surface area (TPSA) is 22.1 Å². The van der Waals surface area contributed by atoms with E-state index in [4.69, 9.17) is 4.43 Å². The second-order valence-electron chi connectivity index (χ2n) is 6.67. The lowest BCUT2D eigenvalue weighted by Crippen LogP contribution is -2.43. The summed E-state index contributed by atoms with van der Waals surface area (Å²) in [5.74, 6) is 0.942. The van der Waals surface area contributed by atoms with Crippen LogP contribution in [-0.4, -0.2) is 13.3 Å². The molecule has 0 unspecified atom stereocenters. The van der Waals surface area contributed by atoms with Gasteiger partial charge in [-0.15, -0.1) is 0 Å². The van der Waals surface area contributed by atoms with Crippen molar-refractivity contribution < 1.29 is 4.43 Å². The van der Waals surface area contributed by atoms with Crippen LogP contribution in [0.25, 0.3) is 10.9 Å². The van der Waals surface area contributed by atoms with E-state index < -0.39 is 8.32 Å². The molecule has 1 aromatic carbocycles. The Morgan fingerprint density at radius 1 is 1.05 bits per heavy atom. The summed E-state index contributed by atoms with van der Waals surface area (Å²) in [6.45, 7) is 13.3. The zero-order chi connectivity index (χ0) is 14.3. The monoisotopic (exact) mass is 273 g/mol. The minimum atomic E-state index is -1.77. The molecule has 2 nitrogen and oxygen atoms in total. The Labute approximate surface area is 117 Å². The average molecular weight is 273 g/mol. The van der Waals surface area contributed by atoms with Crippen molar-refractivity contribution in [3.05, 3.63) is 36.0 Å². The molecule has 0 fully saturated rings. The summed E-state index contributed by atoms with van der Waals surface area (Å²) in [5.41, 5.74) is 2.05. The maximum atomic E-state index is 6.31. The molecule has 0 aliphatic carbocycles. The highest BCUT2D eigenvalue weighted by atomic mass is 28.4. The molecule has 0 saturated carbocycles. The van der Waals surface area contributed by atoms with Gasteiger partial charge in [0, 0.05) is 17.1 Å². The van der Waals surface area contributed by atoms with E-state index in [1.165, 1.54) is 0 Å². The molecular weight excluding hydrogens is 250 g/mol. The highest BCUT2D eigenvalue weighted by molar-refractivity contribution is 6.74. The Morgan fingerprint density at radius 3 is 2.32 bits per heavy atom. The fourth-order valence-electron chi connectivity index (χ4n) is 1.71. The largest absolute Gasteiger partial charge is 0.543 e. The molecule has 0 spiro atoms. The molecule has 1 heterocycles. The second kappa shape index (κ2) is 4.64. The normalized spacial score (nSPS) is 12.7. The molecule has 0 atom stereocenters. The van der Waals surface area contributed by atoms with Crippen molar-refractivity contribution in [2.45, 2.75) is 45.8 Å². The molecule has 0 aliphatic rings. The lowest BCUT2D eigenvalue weighted by atomic mass is 10.2. The van der Waals surface area contributed by atoms with Crippen LogP contribution in [0.4, 0.5) is 0 Å². The van der Waals surface area contributed by atoms with Crippen LogP contribution in [-0.2, 0) is 0 Å². The highest BCUT2D eigenvalue weighted by Gasteiger charge is 2.38. The van der Waals surface area contributed by atoms with Crippen molar-refractivity contribution in [2.75, 3.05) is 0 Å². The highest BCUT2D eigenvalue weighted by Crippen LogP contribution is 2.37. The first-order valence-corrected chi connectivity index (χ1v) is 9.66. The lowest BCUT2D eigenvalue weighted by Gasteiger charge is -2.36. The van der Waals surface area contributed by atoms with E-state index in [1.54, 1.807) is 0 Å². The Morgan fingerprint density at radius 2 is 1.68 bits per heavy atom. The maximum Gasteiger partial charge on any atom is 0.250 e. The van der Waals surface area contributed by atoms with Gasteiger partial charge in [-0.05, 0) is 43.3 Å². The summed E-state index contributed by atoms with van der Waals surface area (Å²) in [7, 11) is -1.77. The van der Waals surface area contributed by atoms with Gasteiger partial charge < -0.3 is 4.43 Å². The van der Waals surface area contributed by atoms with E-state index in [1.807, 2.05) is 13.0 Å². The summed E-state index contributed by atoms with van der Waals surface area (Å²) in [5, 5.41) is 1.37. The van der Waals surface area contributed by atoms with Crippen molar-refractivity contribution in [3.63, 3.8) is 0 Å². The third-order valence-corrected chi connectivity index (χ3v) is 8.34. The van der Waals surface area contributed by atoms with Gasteiger partial charge in [-0.1, -0.05) is 26.8 Å². The Kier molecular flexibility index (Phi) is 3.43. The molecule has 0 aliphatic heterocycles. The van der Waals surface area contributed by atoms with E-state index >= 15 is 0 Å². The summed E-state index contributed by atoms with van der Waals surface area (Å²) in [6.07, 6.45) is 0. The van der Waals surface area contributed by atoms with Crippen LogP contribution >= 0.6 is 0 Å². The van der Waals surface area contributed by atoms with Gasteiger partial charge in [0.1, 0.15) is 5.75 Å². The first-order chi connectivity index (χ1) is 8.69. The fourth-order valence-corrected chi connectivity index (χ4v) is 2.73. The first-order valence-electron chi connectivity index (χ1n) is 6.75. The van der Waals surface area contributed by atoms with Gasteiger partial charge in [0.25, 0.3) is 0 Å². The van der Waals surface area contributed by atoms with Crippen LogP contribution in [0, 0.1) is 6.92 Å². The number of hydrogen-bond acceptors (Lipinski definition) is 2. The fraction of sp³-hybridized carbons (Fsp3) is 0.438. The van der Waals surface area contributed by atoms with Gasteiger partial charge in [0.05, 0.1) is 5.52 Å². The number of aromatic nitrogens is 1. The predicted molar refractivity (Wildman–Crippen MR) is 84.3 cm³/mol. The molecule has 102 valence electrons. The number of fused-ring (bicyclic) bond motifs is 1. The molecule has 1 aromatic heterocycles. The van der Waals surface area contributed by atoms with E-state index in [0.717, 1.165) is 22.3 Å². The molecule has 2 aromatic rings. The molecule has 0 N–H and O–H groups in total. The molecular formula is C16H23NOSi. The Bertz CT molecular complexity index is 599. The minimum absolute atomic E-state index is 0.210. The van der Waals surface area contributed by atoms with Crippen molar-refractivity contribution in [1.82, 2.24) is 4.98 Å². The van der Waals surface area contributed by atoms with Gasteiger partial charge in [-0.3, -0.25) is 4.98 Å². The number of benzene rings is 1. The van der Waals surface area contributed by atoms with Crippen LogP contribution in [0.2, 0.25) is 18.1 Å². The van der Waals surface area contributed by atoms with Gasteiger partial charge in [-0.2, -0.15) is 0 Å². The van der Waals surface area contributed by atoms with Crippen molar-refractivity contribution in [2.24, 2.45) is 0 Å². The van der Waals surface area contributed by atoms with Crippen molar-refractivity contribution in [3.8, 4) is 5.75 Å². The van der Waals surface area contributed by atoms with Gasteiger partial charge in [0.15, 0.2) is 0 Å². The van der Waals surface area contributed by atoms with Gasteiger partial charge in [0.2, 0.25) is 8.32 Å². The lowest BCUT2D eigenvalue weighted by molar-refractivity contribution is 0.492. The predicted octanol–water partition coefficient (Wildman–Crippen LogP) is 4.93. The number of pyridine rings is 1. The third-order valence-electron chi connectivity index (χ3n) is 3.98. The molecule has 0 radical (unpaired) electrons. The zero-order valence-electron chi connectivity index (χ0n) is 12.7. The van der Waals surface area contributed by atoms with Crippen molar-refractivity contribution in [1.29, 1.82) is 0 Å².